The average Bonchev–Trinajstić information content (AvgIpc) is 3.09. The number of hydrogen-bond acceptors (Lipinski definition) is 3. The summed E-state index contributed by atoms with van der Waals surface area (Å²) in [6, 6.07) is 3.32. The first kappa shape index (κ1) is 11.7. The Morgan fingerprint density at radius 3 is 2.72 bits per heavy atom. The van der Waals surface area contributed by atoms with Gasteiger partial charge in [-0.25, -0.2) is 4.98 Å². The monoisotopic (exact) mass is 254 g/mol. The van der Waals surface area contributed by atoms with Crippen LogP contribution in [-0.4, -0.2) is 24.7 Å². The maximum Gasteiger partial charge on any atom is 0.387 e. The molecule has 0 bridgehead atoms. The topological polar surface area (TPSA) is 25.4 Å². The van der Waals surface area contributed by atoms with Crippen molar-refractivity contribution in [2.45, 2.75) is 32.3 Å². The molecule has 5 heteroatoms. The first-order chi connectivity index (χ1) is 8.67. The van der Waals surface area contributed by atoms with Crippen LogP contribution in [0.25, 0.3) is 0 Å². The summed E-state index contributed by atoms with van der Waals surface area (Å²) in [4.78, 5) is 6.47. The minimum Gasteiger partial charge on any atom is -0.433 e. The summed E-state index contributed by atoms with van der Waals surface area (Å²) >= 11 is 0. The molecule has 0 radical (unpaired) electrons. The molecule has 0 aromatic carbocycles. The van der Waals surface area contributed by atoms with Gasteiger partial charge in [-0.05, 0) is 43.2 Å². The fourth-order valence-electron chi connectivity index (χ4n) is 2.72. The number of halogens is 2. The van der Waals surface area contributed by atoms with Gasteiger partial charge in [-0.1, -0.05) is 0 Å². The highest BCUT2D eigenvalue weighted by Gasteiger charge is 2.45. The van der Waals surface area contributed by atoms with Crippen LogP contribution in [0.15, 0.2) is 18.3 Å². The second-order valence-corrected chi connectivity index (χ2v) is 5.26. The second kappa shape index (κ2) is 4.37. The van der Waals surface area contributed by atoms with Crippen LogP contribution >= 0.6 is 0 Å². The van der Waals surface area contributed by atoms with Crippen molar-refractivity contribution in [3.05, 3.63) is 18.3 Å². The van der Waals surface area contributed by atoms with Crippen LogP contribution in [0.5, 0.6) is 5.75 Å². The van der Waals surface area contributed by atoms with E-state index < -0.39 is 6.61 Å². The standard InChI is InChI=1S/C13H16F2N2O/c14-12(15)18-10-2-3-11(16-8-10)17-7-1-4-13(9-17)5-6-13/h2-3,8,12H,1,4-7,9H2. The molecule has 0 amide bonds. The van der Waals surface area contributed by atoms with Crippen LogP contribution in [-0.2, 0) is 0 Å². The fraction of sp³-hybridized carbons (Fsp3) is 0.615. The number of ether oxygens (including phenoxy) is 1. The van der Waals surface area contributed by atoms with Gasteiger partial charge in [0.15, 0.2) is 0 Å². The van der Waals surface area contributed by atoms with E-state index in [1.165, 1.54) is 31.9 Å². The zero-order valence-corrected chi connectivity index (χ0v) is 10.1. The van der Waals surface area contributed by atoms with Gasteiger partial charge < -0.3 is 9.64 Å². The van der Waals surface area contributed by atoms with Crippen molar-refractivity contribution in [1.29, 1.82) is 0 Å². The highest BCUT2D eigenvalue weighted by molar-refractivity contribution is 5.42. The Bertz CT molecular complexity index is 418. The lowest BCUT2D eigenvalue weighted by Crippen LogP contribution is -2.36. The molecule has 1 aromatic heterocycles. The number of anilines is 1. The van der Waals surface area contributed by atoms with Gasteiger partial charge in [-0.3, -0.25) is 0 Å². The Morgan fingerprint density at radius 2 is 2.11 bits per heavy atom. The Labute approximate surface area is 105 Å². The lowest BCUT2D eigenvalue weighted by Gasteiger charge is -2.33. The van der Waals surface area contributed by atoms with Crippen molar-refractivity contribution >= 4 is 5.82 Å². The molecule has 98 valence electrons. The normalized spacial score (nSPS) is 21.4. The van der Waals surface area contributed by atoms with Crippen LogP contribution in [0.2, 0.25) is 0 Å². The van der Waals surface area contributed by atoms with Gasteiger partial charge in [0, 0.05) is 13.1 Å². The SMILES string of the molecule is FC(F)Oc1ccc(N2CCCC3(CC3)C2)nc1. The fourth-order valence-corrected chi connectivity index (χ4v) is 2.72. The Hall–Kier alpha value is -1.39. The van der Waals surface area contributed by atoms with Crippen LogP contribution < -0.4 is 9.64 Å². The molecule has 0 N–H and O–H groups in total. The zero-order chi connectivity index (χ0) is 12.6. The summed E-state index contributed by atoms with van der Waals surface area (Å²) in [6.07, 6.45) is 6.51. The number of nitrogens with zero attached hydrogens (tertiary/aromatic N) is 2. The number of alkyl halides is 2. The van der Waals surface area contributed by atoms with Crippen molar-refractivity contribution in [2.75, 3.05) is 18.0 Å². The smallest absolute Gasteiger partial charge is 0.387 e. The second-order valence-electron chi connectivity index (χ2n) is 5.26. The minimum atomic E-state index is -2.79. The third kappa shape index (κ3) is 2.40. The van der Waals surface area contributed by atoms with E-state index in [0.29, 0.717) is 5.41 Å². The van der Waals surface area contributed by atoms with E-state index in [-0.39, 0.29) is 5.75 Å². The van der Waals surface area contributed by atoms with E-state index in [2.05, 4.69) is 14.6 Å². The maximum atomic E-state index is 12.0. The van der Waals surface area contributed by atoms with Gasteiger partial charge in [-0.15, -0.1) is 0 Å². The molecule has 3 rings (SSSR count). The molecule has 1 spiro atoms. The molecule has 1 saturated carbocycles. The number of aromatic nitrogens is 1. The van der Waals surface area contributed by atoms with Crippen molar-refractivity contribution in [3.8, 4) is 5.75 Å². The molecule has 0 unspecified atom stereocenters. The third-order valence-corrected chi connectivity index (χ3v) is 3.89. The molecule has 2 aliphatic rings. The maximum absolute atomic E-state index is 12.0. The van der Waals surface area contributed by atoms with Crippen molar-refractivity contribution < 1.29 is 13.5 Å². The molecule has 18 heavy (non-hydrogen) atoms. The van der Waals surface area contributed by atoms with Gasteiger partial charge in [0.05, 0.1) is 6.20 Å². The van der Waals surface area contributed by atoms with E-state index in [9.17, 15) is 8.78 Å². The number of pyridine rings is 1. The van der Waals surface area contributed by atoms with E-state index in [1.54, 1.807) is 12.1 Å². The summed E-state index contributed by atoms with van der Waals surface area (Å²) in [5.41, 5.74) is 0.526. The van der Waals surface area contributed by atoms with Gasteiger partial charge in [0.2, 0.25) is 0 Å². The van der Waals surface area contributed by atoms with E-state index in [1.807, 2.05) is 0 Å². The predicted molar refractivity (Wildman–Crippen MR) is 64.0 cm³/mol. The Morgan fingerprint density at radius 1 is 1.28 bits per heavy atom. The molecule has 1 aliphatic heterocycles. The molecule has 3 nitrogen and oxygen atoms in total. The van der Waals surface area contributed by atoms with Crippen molar-refractivity contribution in [1.82, 2.24) is 4.98 Å². The average molecular weight is 254 g/mol. The van der Waals surface area contributed by atoms with Crippen LogP contribution in [0.3, 0.4) is 0 Å². The largest absolute Gasteiger partial charge is 0.433 e. The van der Waals surface area contributed by atoms with Crippen molar-refractivity contribution in [3.63, 3.8) is 0 Å². The first-order valence-corrected chi connectivity index (χ1v) is 6.33. The van der Waals surface area contributed by atoms with Crippen molar-refractivity contribution in [2.24, 2.45) is 5.41 Å². The molecule has 2 heterocycles. The molecule has 1 aliphatic carbocycles. The number of hydrogen-bond donors (Lipinski definition) is 0. The van der Waals surface area contributed by atoms with Gasteiger partial charge in [0.25, 0.3) is 0 Å². The molecule has 1 aromatic rings. The first-order valence-electron chi connectivity index (χ1n) is 6.33. The number of rotatable bonds is 3. The Kier molecular flexibility index (Phi) is 2.84. The highest BCUT2D eigenvalue weighted by Crippen LogP contribution is 2.52. The highest BCUT2D eigenvalue weighted by atomic mass is 19.3. The lowest BCUT2D eigenvalue weighted by atomic mass is 9.95. The van der Waals surface area contributed by atoms with Crippen LogP contribution in [0.4, 0.5) is 14.6 Å². The van der Waals surface area contributed by atoms with Crippen LogP contribution in [0.1, 0.15) is 25.7 Å². The summed E-state index contributed by atoms with van der Waals surface area (Å²) in [7, 11) is 0. The lowest BCUT2D eigenvalue weighted by molar-refractivity contribution is -0.0500. The summed E-state index contributed by atoms with van der Waals surface area (Å²) < 4.78 is 28.3. The third-order valence-electron chi connectivity index (χ3n) is 3.89. The summed E-state index contributed by atoms with van der Waals surface area (Å²) in [5.74, 6) is 0.981. The minimum absolute atomic E-state index is 0.117. The Balaban J connectivity index is 1.68. The molecular weight excluding hydrogens is 238 g/mol. The van der Waals surface area contributed by atoms with Crippen LogP contribution in [0, 0.1) is 5.41 Å². The van der Waals surface area contributed by atoms with E-state index in [0.717, 1.165) is 18.9 Å². The molecule has 0 atom stereocenters. The van der Waals surface area contributed by atoms with Gasteiger partial charge >= 0.3 is 6.61 Å². The predicted octanol–water partition coefficient (Wildman–Crippen LogP) is 3.06. The molecular formula is C13H16F2N2O. The number of piperidine rings is 1. The quantitative estimate of drug-likeness (QED) is 0.829. The van der Waals surface area contributed by atoms with Gasteiger partial charge in [0.1, 0.15) is 11.6 Å². The zero-order valence-electron chi connectivity index (χ0n) is 10.1. The van der Waals surface area contributed by atoms with Gasteiger partial charge in [-0.2, -0.15) is 8.78 Å². The summed E-state index contributed by atoms with van der Waals surface area (Å²) in [5, 5.41) is 0. The van der Waals surface area contributed by atoms with E-state index >= 15 is 0 Å². The van der Waals surface area contributed by atoms with E-state index in [4.69, 9.17) is 0 Å². The molecule has 1 saturated heterocycles. The summed E-state index contributed by atoms with van der Waals surface area (Å²) in [6.45, 7) is -0.735. The molecule has 2 fully saturated rings.